The molecule has 0 bridgehead atoms. The lowest BCUT2D eigenvalue weighted by Gasteiger charge is -2.04. The van der Waals surface area contributed by atoms with E-state index in [0.717, 1.165) is 19.3 Å². The van der Waals surface area contributed by atoms with Crippen LogP contribution in [-0.4, -0.2) is 17.0 Å². The van der Waals surface area contributed by atoms with E-state index < -0.39 is 6.10 Å². The number of carbonyl (C=O) groups excluding carboxylic acids is 1. The number of hydrogen-bond acceptors (Lipinski definition) is 2. The second kappa shape index (κ2) is 8.65. The highest BCUT2D eigenvalue weighted by Gasteiger charge is 2.02. The molecule has 1 rings (SSSR count). The molecule has 0 saturated heterocycles. The van der Waals surface area contributed by atoms with E-state index in [9.17, 15) is 9.90 Å². The number of carbonyl (C=O) groups is 1. The first-order valence-electron chi connectivity index (χ1n) is 6.69. The number of hydrogen-bond donors (Lipinski definition) is 1. The predicted octanol–water partition coefficient (Wildman–Crippen LogP) is 3.76. The first kappa shape index (κ1) is 14.7. The van der Waals surface area contributed by atoms with E-state index in [-0.39, 0.29) is 5.78 Å². The molecule has 0 radical (unpaired) electrons. The van der Waals surface area contributed by atoms with Crippen molar-refractivity contribution in [3.63, 3.8) is 0 Å². The Bertz CT molecular complexity index is 368. The second-order valence-electron chi connectivity index (χ2n) is 4.51. The van der Waals surface area contributed by atoms with Crippen molar-refractivity contribution in [3.05, 3.63) is 48.0 Å². The van der Waals surface area contributed by atoms with Crippen molar-refractivity contribution in [2.75, 3.05) is 0 Å². The molecule has 0 saturated carbocycles. The lowest BCUT2D eigenvalue weighted by molar-refractivity contribution is 0.104. The molecule has 0 aliphatic carbocycles. The monoisotopic (exact) mass is 246 g/mol. The Labute approximate surface area is 109 Å². The minimum atomic E-state index is -0.505. The number of benzene rings is 1. The summed E-state index contributed by atoms with van der Waals surface area (Å²) in [5.41, 5.74) is 0.659. The van der Waals surface area contributed by atoms with Gasteiger partial charge in [0.1, 0.15) is 0 Å². The Morgan fingerprint density at radius 3 is 2.61 bits per heavy atom. The molecule has 1 atom stereocenters. The maximum Gasteiger partial charge on any atom is 0.185 e. The number of unbranched alkanes of at least 4 members (excludes halogenated alkanes) is 3. The SMILES string of the molecule is CCCCCCC(O)C=CC(=O)c1ccccc1. The molecule has 0 spiro atoms. The van der Waals surface area contributed by atoms with Gasteiger partial charge in [0.05, 0.1) is 6.10 Å². The third kappa shape index (κ3) is 5.78. The highest BCUT2D eigenvalue weighted by Crippen LogP contribution is 2.07. The van der Waals surface area contributed by atoms with Crippen LogP contribution in [0.3, 0.4) is 0 Å². The molecule has 2 nitrogen and oxygen atoms in total. The number of rotatable bonds is 8. The zero-order valence-electron chi connectivity index (χ0n) is 11.0. The van der Waals surface area contributed by atoms with Crippen molar-refractivity contribution in [2.24, 2.45) is 0 Å². The van der Waals surface area contributed by atoms with Crippen LogP contribution in [0.1, 0.15) is 49.4 Å². The topological polar surface area (TPSA) is 37.3 Å². The summed E-state index contributed by atoms with van der Waals surface area (Å²) in [5.74, 6) is -0.0526. The Morgan fingerprint density at radius 1 is 1.22 bits per heavy atom. The Morgan fingerprint density at radius 2 is 1.94 bits per heavy atom. The van der Waals surface area contributed by atoms with Crippen LogP contribution in [0, 0.1) is 0 Å². The fraction of sp³-hybridized carbons (Fsp3) is 0.438. The van der Waals surface area contributed by atoms with E-state index >= 15 is 0 Å². The molecule has 1 aromatic carbocycles. The highest BCUT2D eigenvalue weighted by molar-refractivity contribution is 6.04. The average Bonchev–Trinajstić information content (AvgIpc) is 2.42. The maximum absolute atomic E-state index is 11.7. The van der Waals surface area contributed by atoms with Crippen LogP contribution in [0.5, 0.6) is 0 Å². The molecule has 0 heterocycles. The minimum Gasteiger partial charge on any atom is -0.389 e. The predicted molar refractivity (Wildman–Crippen MR) is 74.7 cm³/mol. The summed E-state index contributed by atoms with van der Waals surface area (Å²) >= 11 is 0. The van der Waals surface area contributed by atoms with Gasteiger partial charge in [-0.15, -0.1) is 0 Å². The van der Waals surface area contributed by atoms with E-state index in [4.69, 9.17) is 0 Å². The van der Waals surface area contributed by atoms with Crippen molar-refractivity contribution in [2.45, 2.75) is 45.1 Å². The molecule has 18 heavy (non-hydrogen) atoms. The van der Waals surface area contributed by atoms with Crippen molar-refractivity contribution >= 4 is 5.78 Å². The minimum absolute atomic E-state index is 0.0526. The Hall–Kier alpha value is -1.41. The summed E-state index contributed by atoms with van der Waals surface area (Å²) in [5, 5.41) is 9.71. The third-order valence-electron chi connectivity index (χ3n) is 2.88. The van der Waals surface area contributed by atoms with Crippen molar-refractivity contribution in [1.29, 1.82) is 0 Å². The molecule has 0 aliphatic heterocycles. The van der Waals surface area contributed by atoms with E-state index in [1.165, 1.54) is 18.9 Å². The van der Waals surface area contributed by atoms with Crippen LogP contribution in [0.4, 0.5) is 0 Å². The van der Waals surface area contributed by atoms with Gasteiger partial charge in [-0.05, 0) is 12.5 Å². The molecule has 2 heteroatoms. The molecule has 1 aromatic rings. The molecule has 1 N–H and O–H groups in total. The summed E-state index contributed by atoms with van der Waals surface area (Å²) in [6.45, 7) is 2.16. The van der Waals surface area contributed by atoms with Gasteiger partial charge in [-0.2, -0.15) is 0 Å². The van der Waals surface area contributed by atoms with E-state index in [1.54, 1.807) is 18.2 Å². The van der Waals surface area contributed by atoms with Crippen LogP contribution >= 0.6 is 0 Å². The number of allylic oxidation sites excluding steroid dienone is 1. The van der Waals surface area contributed by atoms with Crippen LogP contribution in [-0.2, 0) is 0 Å². The summed E-state index contributed by atoms with van der Waals surface area (Å²) in [4.78, 5) is 11.7. The number of ketones is 1. The number of aliphatic hydroxyl groups is 1. The van der Waals surface area contributed by atoms with Gasteiger partial charge in [-0.3, -0.25) is 4.79 Å². The van der Waals surface area contributed by atoms with E-state index in [2.05, 4.69) is 6.92 Å². The highest BCUT2D eigenvalue weighted by atomic mass is 16.3. The Balaban J connectivity index is 2.33. The van der Waals surface area contributed by atoms with Crippen LogP contribution in [0.25, 0.3) is 0 Å². The van der Waals surface area contributed by atoms with Gasteiger partial charge in [-0.1, -0.05) is 69.0 Å². The van der Waals surface area contributed by atoms with Gasteiger partial charge in [0.25, 0.3) is 0 Å². The van der Waals surface area contributed by atoms with Gasteiger partial charge < -0.3 is 5.11 Å². The van der Waals surface area contributed by atoms with Gasteiger partial charge in [0, 0.05) is 5.56 Å². The maximum atomic E-state index is 11.7. The zero-order valence-corrected chi connectivity index (χ0v) is 11.0. The van der Waals surface area contributed by atoms with Crippen LogP contribution < -0.4 is 0 Å². The van der Waals surface area contributed by atoms with Crippen LogP contribution in [0.2, 0.25) is 0 Å². The number of aliphatic hydroxyl groups excluding tert-OH is 1. The lowest BCUT2D eigenvalue weighted by atomic mass is 10.1. The molecule has 0 fully saturated rings. The first-order valence-corrected chi connectivity index (χ1v) is 6.69. The summed E-state index contributed by atoms with van der Waals surface area (Å²) < 4.78 is 0. The smallest absolute Gasteiger partial charge is 0.185 e. The zero-order chi connectivity index (χ0) is 13.2. The third-order valence-corrected chi connectivity index (χ3v) is 2.88. The van der Waals surface area contributed by atoms with Gasteiger partial charge in [0.2, 0.25) is 0 Å². The second-order valence-corrected chi connectivity index (χ2v) is 4.51. The van der Waals surface area contributed by atoms with E-state index in [0.29, 0.717) is 5.56 Å². The largest absolute Gasteiger partial charge is 0.389 e. The lowest BCUT2D eigenvalue weighted by Crippen LogP contribution is -2.03. The normalized spacial score (nSPS) is 12.8. The van der Waals surface area contributed by atoms with Crippen molar-refractivity contribution < 1.29 is 9.90 Å². The van der Waals surface area contributed by atoms with Gasteiger partial charge >= 0.3 is 0 Å². The molecular formula is C16H22O2. The molecular weight excluding hydrogens is 224 g/mol. The molecule has 1 unspecified atom stereocenters. The average molecular weight is 246 g/mol. The van der Waals surface area contributed by atoms with Crippen molar-refractivity contribution in [1.82, 2.24) is 0 Å². The fourth-order valence-electron chi connectivity index (χ4n) is 1.77. The molecule has 0 aromatic heterocycles. The standard InChI is InChI=1S/C16H22O2/c1-2-3-4-8-11-15(17)12-13-16(18)14-9-6-5-7-10-14/h5-7,9-10,12-13,15,17H,2-4,8,11H2,1H3. The van der Waals surface area contributed by atoms with Gasteiger partial charge in [0.15, 0.2) is 5.78 Å². The van der Waals surface area contributed by atoms with E-state index in [1.807, 2.05) is 18.2 Å². The van der Waals surface area contributed by atoms with Gasteiger partial charge in [-0.25, -0.2) is 0 Å². The summed E-state index contributed by atoms with van der Waals surface area (Å²) in [6, 6.07) is 9.11. The summed E-state index contributed by atoms with van der Waals surface area (Å²) in [7, 11) is 0. The van der Waals surface area contributed by atoms with Crippen LogP contribution in [0.15, 0.2) is 42.5 Å². The van der Waals surface area contributed by atoms with Crippen molar-refractivity contribution in [3.8, 4) is 0 Å². The fourth-order valence-corrected chi connectivity index (χ4v) is 1.77. The molecule has 0 amide bonds. The summed E-state index contributed by atoms with van der Waals surface area (Å²) in [6.07, 6.45) is 7.86. The molecule has 0 aliphatic rings. The Kier molecular flexibility index (Phi) is 7.04. The molecule has 98 valence electrons. The first-order chi connectivity index (χ1) is 8.74. The quantitative estimate of drug-likeness (QED) is 0.431.